The van der Waals surface area contributed by atoms with Gasteiger partial charge in [0.05, 0.1) is 25.4 Å². The molecule has 1 heterocycles. The molecule has 106 valence electrons. The SMILES string of the molecule is OC(CNc1ccc(F)cc1)COCC1CCCO1. The Balaban J connectivity index is 1.58. The summed E-state index contributed by atoms with van der Waals surface area (Å²) in [4.78, 5) is 0. The maximum absolute atomic E-state index is 12.7. The third-order valence-electron chi connectivity index (χ3n) is 3.02. The average molecular weight is 269 g/mol. The predicted octanol–water partition coefficient (Wildman–Crippen LogP) is 1.79. The first-order valence-electron chi connectivity index (χ1n) is 6.61. The second-order valence-corrected chi connectivity index (χ2v) is 4.71. The number of benzene rings is 1. The number of aliphatic hydroxyl groups is 1. The third-order valence-corrected chi connectivity index (χ3v) is 3.02. The fourth-order valence-electron chi connectivity index (χ4n) is 1.97. The van der Waals surface area contributed by atoms with E-state index in [1.165, 1.54) is 12.1 Å². The van der Waals surface area contributed by atoms with Crippen LogP contribution in [0, 0.1) is 5.82 Å². The Labute approximate surface area is 112 Å². The molecule has 0 saturated carbocycles. The fraction of sp³-hybridized carbons (Fsp3) is 0.571. The van der Waals surface area contributed by atoms with Crippen LogP contribution in [0.1, 0.15) is 12.8 Å². The van der Waals surface area contributed by atoms with E-state index in [4.69, 9.17) is 9.47 Å². The van der Waals surface area contributed by atoms with Gasteiger partial charge in [-0.2, -0.15) is 0 Å². The molecule has 19 heavy (non-hydrogen) atoms. The molecule has 2 atom stereocenters. The Morgan fingerprint density at radius 3 is 2.89 bits per heavy atom. The molecule has 0 spiro atoms. The Morgan fingerprint density at radius 1 is 1.42 bits per heavy atom. The van der Waals surface area contributed by atoms with Crippen LogP contribution >= 0.6 is 0 Å². The van der Waals surface area contributed by atoms with Crippen LogP contribution in [-0.2, 0) is 9.47 Å². The van der Waals surface area contributed by atoms with Gasteiger partial charge in [0.2, 0.25) is 0 Å². The van der Waals surface area contributed by atoms with Crippen molar-refractivity contribution in [1.82, 2.24) is 0 Å². The lowest BCUT2D eigenvalue weighted by Crippen LogP contribution is -2.27. The van der Waals surface area contributed by atoms with Crippen LogP contribution in [-0.4, -0.2) is 43.7 Å². The summed E-state index contributed by atoms with van der Waals surface area (Å²) in [6, 6.07) is 6.02. The average Bonchev–Trinajstić information content (AvgIpc) is 2.91. The van der Waals surface area contributed by atoms with E-state index in [9.17, 15) is 9.50 Å². The lowest BCUT2D eigenvalue weighted by molar-refractivity contribution is -0.0137. The Kier molecular flexibility index (Phi) is 5.57. The zero-order valence-corrected chi connectivity index (χ0v) is 10.8. The number of hydrogen-bond donors (Lipinski definition) is 2. The first-order chi connectivity index (χ1) is 9.24. The highest BCUT2D eigenvalue weighted by atomic mass is 19.1. The van der Waals surface area contributed by atoms with E-state index in [2.05, 4.69) is 5.32 Å². The van der Waals surface area contributed by atoms with Crippen LogP contribution in [0.4, 0.5) is 10.1 Å². The van der Waals surface area contributed by atoms with Gasteiger partial charge in [0.25, 0.3) is 0 Å². The van der Waals surface area contributed by atoms with Gasteiger partial charge < -0.3 is 19.9 Å². The first-order valence-corrected chi connectivity index (χ1v) is 6.61. The summed E-state index contributed by atoms with van der Waals surface area (Å²) in [7, 11) is 0. The molecule has 0 bridgehead atoms. The summed E-state index contributed by atoms with van der Waals surface area (Å²) in [5.41, 5.74) is 0.777. The summed E-state index contributed by atoms with van der Waals surface area (Å²) in [6.45, 7) is 1.99. The standard InChI is InChI=1S/C14H20FNO3/c15-11-3-5-12(6-4-11)16-8-13(17)9-18-10-14-2-1-7-19-14/h3-6,13-14,16-17H,1-2,7-10H2. The van der Waals surface area contributed by atoms with E-state index in [1.807, 2.05) is 0 Å². The van der Waals surface area contributed by atoms with Gasteiger partial charge in [0, 0.05) is 18.8 Å². The minimum absolute atomic E-state index is 0.178. The minimum atomic E-state index is -0.591. The molecular weight excluding hydrogens is 249 g/mol. The van der Waals surface area contributed by atoms with Crippen molar-refractivity contribution in [3.63, 3.8) is 0 Å². The van der Waals surface area contributed by atoms with Crippen LogP contribution in [0.25, 0.3) is 0 Å². The number of hydrogen-bond acceptors (Lipinski definition) is 4. The van der Waals surface area contributed by atoms with Gasteiger partial charge in [0.15, 0.2) is 0 Å². The number of nitrogens with one attached hydrogen (secondary N) is 1. The highest BCUT2D eigenvalue weighted by Crippen LogP contribution is 2.12. The number of anilines is 1. The lowest BCUT2D eigenvalue weighted by atomic mass is 10.2. The van der Waals surface area contributed by atoms with Crippen molar-refractivity contribution in [2.24, 2.45) is 0 Å². The Bertz CT molecular complexity index is 365. The highest BCUT2D eigenvalue weighted by Gasteiger charge is 2.16. The monoisotopic (exact) mass is 269 g/mol. The summed E-state index contributed by atoms with van der Waals surface area (Å²) in [5, 5.41) is 12.8. The molecule has 0 radical (unpaired) electrons. The summed E-state index contributed by atoms with van der Waals surface area (Å²) >= 11 is 0. The molecule has 0 aliphatic carbocycles. The molecule has 1 fully saturated rings. The van der Waals surface area contributed by atoms with Crippen LogP contribution in [0.3, 0.4) is 0 Å². The van der Waals surface area contributed by atoms with E-state index < -0.39 is 6.10 Å². The number of ether oxygens (including phenoxy) is 2. The largest absolute Gasteiger partial charge is 0.389 e. The van der Waals surface area contributed by atoms with Crippen molar-refractivity contribution in [2.75, 3.05) is 31.7 Å². The van der Waals surface area contributed by atoms with Gasteiger partial charge in [-0.15, -0.1) is 0 Å². The molecule has 1 aliphatic heterocycles. The van der Waals surface area contributed by atoms with Crippen LogP contribution in [0.5, 0.6) is 0 Å². The minimum Gasteiger partial charge on any atom is -0.389 e. The molecule has 0 aromatic heterocycles. The molecule has 2 N–H and O–H groups in total. The highest BCUT2D eigenvalue weighted by molar-refractivity contribution is 5.42. The van der Waals surface area contributed by atoms with Crippen LogP contribution in [0.2, 0.25) is 0 Å². The van der Waals surface area contributed by atoms with Crippen molar-refractivity contribution in [1.29, 1.82) is 0 Å². The summed E-state index contributed by atoms with van der Waals surface area (Å²) in [5.74, 6) is -0.272. The number of aliphatic hydroxyl groups excluding tert-OH is 1. The molecule has 4 nitrogen and oxygen atoms in total. The van der Waals surface area contributed by atoms with Crippen molar-refractivity contribution >= 4 is 5.69 Å². The molecule has 2 rings (SSSR count). The summed E-state index contributed by atoms with van der Waals surface area (Å²) in [6.07, 6.45) is 1.70. The molecular formula is C14H20FNO3. The van der Waals surface area contributed by atoms with Crippen molar-refractivity contribution in [2.45, 2.75) is 25.0 Å². The van der Waals surface area contributed by atoms with Gasteiger partial charge in [-0.05, 0) is 37.1 Å². The summed E-state index contributed by atoms with van der Waals surface area (Å²) < 4.78 is 23.5. The maximum atomic E-state index is 12.7. The van der Waals surface area contributed by atoms with Crippen molar-refractivity contribution in [3.8, 4) is 0 Å². The number of halogens is 1. The third kappa shape index (κ3) is 5.14. The molecule has 2 unspecified atom stereocenters. The topological polar surface area (TPSA) is 50.7 Å². The molecule has 1 aliphatic rings. The van der Waals surface area contributed by atoms with E-state index in [0.717, 1.165) is 25.1 Å². The van der Waals surface area contributed by atoms with E-state index >= 15 is 0 Å². The van der Waals surface area contributed by atoms with Gasteiger partial charge in [0.1, 0.15) is 5.82 Å². The molecule has 1 aromatic carbocycles. The van der Waals surface area contributed by atoms with E-state index in [-0.39, 0.29) is 18.5 Å². The van der Waals surface area contributed by atoms with Gasteiger partial charge in [-0.3, -0.25) is 0 Å². The molecule has 5 heteroatoms. The second-order valence-electron chi connectivity index (χ2n) is 4.71. The zero-order valence-electron chi connectivity index (χ0n) is 10.8. The Hall–Kier alpha value is -1.17. The second kappa shape index (κ2) is 7.43. The smallest absolute Gasteiger partial charge is 0.123 e. The van der Waals surface area contributed by atoms with Crippen molar-refractivity contribution in [3.05, 3.63) is 30.1 Å². The fourth-order valence-corrected chi connectivity index (χ4v) is 1.97. The zero-order chi connectivity index (χ0) is 13.5. The van der Waals surface area contributed by atoms with E-state index in [0.29, 0.717) is 13.2 Å². The molecule has 1 saturated heterocycles. The first kappa shape index (κ1) is 14.2. The van der Waals surface area contributed by atoms with Gasteiger partial charge in [-0.25, -0.2) is 4.39 Å². The normalized spacial score (nSPS) is 20.4. The molecule has 0 amide bonds. The lowest BCUT2D eigenvalue weighted by Gasteiger charge is -2.15. The Morgan fingerprint density at radius 2 is 2.21 bits per heavy atom. The quantitative estimate of drug-likeness (QED) is 0.792. The van der Waals surface area contributed by atoms with E-state index in [1.54, 1.807) is 12.1 Å². The molecule has 1 aromatic rings. The van der Waals surface area contributed by atoms with Gasteiger partial charge in [-0.1, -0.05) is 0 Å². The van der Waals surface area contributed by atoms with Gasteiger partial charge >= 0.3 is 0 Å². The van der Waals surface area contributed by atoms with Crippen molar-refractivity contribution < 1.29 is 19.0 Å². The predicted molar refractivity (Wildman–Crippen MR) is 70.7 cm³/mol. The number of rotatable bonds is 7. The maximum Gasteiger partial charge on any atom is 0.123 e. The van der Waals surface area contributed by atoms with Crippen LogP contribution < -0.4 is 5.32 Å². The van der Waals surface area contributed by atoms with Crippen LogP contribution in [0.15, 0.2) is 24.3 Å².